The summed E-state index contributed by atoms with van der Waals surface area (Å²) in [6.07, 6.45) is 6.88. The quantitative estimate of drug-likeness (QED) is 0.379. The minimum absolute atomic E-state index is 0.0519. The van der Waals surface area contributed by atoms with Crippen molar-refractivity contribution in [1.82, 2.24) is 0 Å². The third-order valence-corrected chi connectivity index (χ3v) is 7.02. The molecule has 0 heterocycles. The van der Waals surface area contributed by atoms with Crippen LogP contribution >= 0.6 is 0 Å². The molecule has 0 saturated carbocycles. The zero-order chi connectivity index (χ0) is 24.2. The van der Waals surface area contributed by atoms with E-state index in [0.717, 1.165) is 30.4 Å². The van der Waals surface area contributed by atoms with Gasteiger partial charge in [0.15, 0.2) is 0 Å². The first kappa shape index (κ1) is 22.9. The van der Waals surface area contributed by atoms with Crippen molar-refractivity contribution in [2.75, 3.05) is 18.1 Å². The van der Waals surface area contributed by atoms with E-state index in [1.807, 2.05) is 24.3 Å². The maximum atomic E-state index is 13.5. The summed E-state index contributed by atoms with van der Waals surface area (Å²) in [6, 6.07) is 23.1. The number of rotatable bonds is 7. The lowest BCUT2D eigenvalue weighted by Crippen LogP contribution is -2.35. The number of fused-ring (bicyclic) bond motifs is 3. The van der Waals surface area contributed by atoms with E-state index in [-0.39, 0.29) is 18.1 Å². The Morgan fingerprint density at radius 3 is 2.20 bits per heavy atom. The van der Waals surface area contributed by atoms with Crippen molar-refractivity contribution in [2.45, 2.75) is 38.0 Å². The SMILES string of the molecule is O=C(O)c1ccccc1N(CCC1=CCCCC1)C(=O)OCC1c2ccccc2-c2ccccc21. The van der Waals surface area contributed by atoms with E-state index in [1.54, 1.807) is 18.2 Å². The van der Waals surface area contributed by atoms with E-state index in [0.29, 0.717) is 18.7 Å². The van der Waals surface area contributed by atoms with Crippen LogP contribution in [-0.2, 0) is 4.74 Å². The fourth-order valence-corrected chi connectivity index (χ4v) is 5.26. The predicted molar refractivity (Wildman–Crippen MR) is 137 cm³/mol. The Kier molecular flexibility index (Phi) is 6.66. The van der Waals surface area contributed by atoms with Gasteiger partial charge < -0.3 is 9.84 Å². The van der Waals surface area contributed by atoms with Gasteiger partial charge in [-0.2, -0.15) is 0 Å². The first-order valence-electron chi connectivity index (χ1n) is 12.3. The number of carbonyl (C=O) groups excluding carboxylic acids is 1. The molecule has 1 amide bonds. The summed E-state index contributed by atoms with van der Waals surface area (Å²) in [7, 11) is 0. The standard InChI is InChI=1S/C30H29NO4/c32-29(33)26-16-8-9-17-28(26)31(19-18-21-10-2-1-3-11-21)30(34)35-20-27-24-14-6-4-12-22(24)23-13-5-7-15-25(23)27/h4-10,12-17,27H,1-3,11,18-20H2,(H,32,33). The number of amides is 1. The van der Waals surface area contributed by atoms with Crippen LogP contribution in [0.4, 0.5) is 10.5 Å². The second kappa shape index (κ2) is 10.2. The number of anilines is 1. The number of hydrogen-bond acceptors (Lipinski definition) is 3. The summed E-state index contributed by atoms with van der Waals surface area (Å²) in [6.45, 7) is 0.577. The molecule has 0 radical (unpaired) electrons. The molecule has 5 rings (SSSR count). The highest BCUT2D eigenvalue weighted by atomic mass is 16.6. The molecule has 0 unspecified atom stereocenters. The molecule has 3 aromatic carbocycles. The van der Waals surface area contributed by atoms with Gasteiger partial charge in [0.1, 0.15) is 6.61 Å². The van der Waals surface area contributed by atoms with E-state index in [2.05, 4.69) is 30.3 Å². The molecule has 0 aromatic heterocycles. The van der Waals surface area contributed by atoms with Gasteiger partial charge in [0.2, 0.25) is 0 Å². The van der Waals surface area contributed by atoms with Gasteiger partial charge in [0.25, 0.3) is 0 Å². The van der Waals surface area contributed by atoms with Crippen LogP contribution in [0.5, 0.6) is 0 Å². The first-order chi connectivity index (χ1) is 17.1. The van der Waals surface area contributed by atoms with Crippen molar-refractivity contribution >= 4 is 17.7 Å². The number of hydrogen-bond donors (Lipinski definition) is 1. The number of ether oxygens (including phenoxy) is 1. The van der Waals surface area contributed by atoms with Crippen LogP contribution < -0.4 is 4.90 Å². The van der Waals surface area contributed by atoms with Gasteiger partial charge in [-0.15, -0.1) is 0 Å². The molecule has 0 aliphatic heterocycles. The smallest absolute Gasteiger partial charge is 0.414 e. The molecular weight excluding hydrogens is 438 g/mol. The van der Waals surface area contributed by atoms with Gasteiger partial charge in [0.05, 0.1) is 11.3 Å². The summed E-state index contributed by atoms with van der Waals surface area (Å²) < 4.78 is 5.91. The Morgan fingerprint density at radius 2 is 1.54 bits per heavy atom. The van der Waals surface area contributed by atoms with E-state index < -0.39 is 12.1 Å². The number of carboxylic acid groups (broad SMARTS) is 1. The van der Waals surface area contributed by atoms with Crippen molar-refractivity contribution in [3.05, 3.63) is 101 Å². The molecule has 0 fully saturated rings. The predicted octanol–water partition coefficient (Wildman–Crippen LogP) is 7.03. The third kappa shape index (κ3) is 4.72. The fraction of sp³-hybridized carbons (Fsp3) is 0.267. The van der Waals surface area contributed by atoms with Crippen LogP contribution in [0, 0.1) is 0 Å². The molecule has 0 saturated heterocycles. The number of nitrogens with zero attached hydrogens (tertiary/aromatic N) is 1. The molecule has 2 aliphatic carbocycles. The topological polar surface area (TPSA) is 66.8 Å². The Bertz CT molecular complexity index is 1230. The fourth-order valence-electron chi connectivity index (χ4n) is 5.26. The minimum atomic E-state index is -1.06. The monoisotopic (exact) mass is 467 g/mol. The largest absolute Gasteiger partial charge is 0.478 e. The molecule has 0 spiro atoms. The zero-order valence-corrected chi connectivity index (χ0v) is 19.7. The highest BCUT2D eigenvalue weighted by Gasteiger charge is 2.30. The van der Waals surface area contributed by atoms with Crippen molar-refractivity contribution in [3.63, 3.8) is 0 Å². The number of para-hydroxylation sites is 1. The number of benzene rings is 3. The summed E-state index contributed by atoms with van der Waals surface area (Å²) >= 11 is 0. The van der Waals surface area contributed by atoms with Crippen molar-refractivity contribution in [1.29, 1.82) is 0 Å². The molecule has 2 aliphatic rings. The van der Waals surface area contributed by atoms with E-state index in [1.165, 1.54) is 34.1 Å². The van der Waals surface area contributed by atoms with Crippen LogP contribution in [0.1, 0.15) is 59.5 Å². The molecule has 178 valence electrons. The Balaban J connectivity index is 1.39. The van der Waals surface area contributed by atoms with Crippen LogP contribution in [0.3, 0.4) is 0 Å². The Hall–Kier alpha value is -3.86. The van der Waals surface area contributed by atoms with Gasteiger partial charge in [-0.1, -0.05) is 72.3 Å². The van der Waals surface area contributed by atoms with Gasteiger partial charge in [-0.25, -0.2) is 9.59 Å². The van der Waals surface area contributed by atoms with Gasteiger partial charge >= 0.3 is 12.1 Å². The molecule has 5 heteroatoms. The second-order valence-electron chi connectivity index (χ2n) is 9.14. The van der Waals surface area contributed by atoms with Crippen molar-refractivity contribution in [2.24, 2.45) is 0 Å². The lowest BCUT2D eigenvalue weighted by Gasteiger charge is -2.26. The molecule has 5 nitrogen and oxygen atoms in total. The molecule has 3 aromatic rings. The third-order valence-electron chi connectivity index (χ3n) is 7.02. The van der Waals surface area contributed by atoms with Gasteiger partial charge in [-0.3, -0.25) is 4.90 Å². The van der Waals surface area contributed by atoms with Crippen LogP contribution in [-0.4, -0.2) is 30.3 Å². The summed E-state index contributed by atoms with van der Waals surface area (Å²) in [4.78, 5) is 26.9. The Labute approximate surface area is 205 Å². The maximum Gasteiger partial charge on any atom is 0.414 e. The van der Waals surface area contributed by atoms with E-state index >= 15 is 0 Å². The van der Waals surface area contributed by atoms with E-state index in [4.69, 9.17) is 4.74 Å². The average Bonchev–Trinajstić information content (AvgIpc) is 3.22. The number of carbonyl (C=O) groups is 2. The summed E-state index contributed by atoms with van der Waals surface area (Å²) in [5.74, 6) is -1.11. The maximum absolute atomic E-state index is 13.5. The van der Waals surface area contributed by atoms with E-state index in [9.17, 15) is 14.7 Å². The zero-order valence-electron chi connectivity index (χ0n) is 19.7. The highest BCUT2D eigenvalue weighted by molar-refractivity contribution is 6.00. The lowest BCUT2D eigenvalue weighted by molar-refractivity contribution is 0.0697. The molecular formula is C30H29NO4. The Morgan fingerprint density at radius 1 is 0.886 bits per heavy atom. The van der Waals surface area contributed by atoms with Crippen molar-refractivity contribution < 1.29 is 19.4 Å². The van der Waals surface area contributed by atoms with Gasteiger partial charge in [-0.05, 0) is 66.5 Å². The van der Waals surface area contributed by atoms with Crippen molar-refractivity contribution in [3.8, 4) is 11.1 Å². The number of aromatic carboxylic acids is 1. The minimum Gasteiger partial charge on any atom is -0.478 e. The highest BCUT2D eigenvalue weighted by Crippen LogP contribution is 2.44. The second-order valence-corrected chi connectivity index (χ2v) is 9.14. The molecule has 35 heavy (non-hydrogen) atoms. The van der Waals surface area contributed by atoms with Crippen LogP contribution in [0.15, 0.2) is 84.4 Å². The molecule has 1 N–H and O–H groups in total. The normalized spacial score (nSPS) is 14.6. The molecule has 0 atom stereocenters. The van der Waals surface area contributed by atoms with Crippen LogP contribution in [0.2, 0.25) is 0 Å². The van der Waals surface area contributed by atoms with Gasteiger partial charge in [0, 0.05) is 12.5 Å². The molecule has 0 bridgehead atoms. The lowest BCUT2D eigenvalue weighted by atomic mass is 9.97. The number of allylic oxidation sites excluding steroid dienone is 1. The summed E-state index contributed by atoms with van der Waals surface area (Å²) in [5, 5.41) is 9.74. The van der Waals surface area contributed by atoms with Crippen LogP contribution in [0.25, 0.3) is 11.1 Å². The first-order valence-corrected chi connectivity index (χ1v) is 12.3. The summed E-state index contributed by atoms with van der Waals surface area (Å²) in [5.41, 5.74) is 6.41. The average molecular weight is 468 g/mol. The number of carboxylic acids is 1.